The van der Waals surface area contributed by atoms with Crippen molar-refractivity contribution in [1.82, 2.24) is 0 Å². The van der Waals surface area contributed by atoms with E-state index in [0.717, 1.165) is 50.5 Å². The number of carboxylic acids is 1. The molecule has 1 heterocycles. The van der Waals surface area contributed by atoms with E-state index in [1.807, 2.05) is 12.1 Å². The van der Waals surface area contributed by atoms with Crippen LogP contribution in [0.2, 0.25) is 0 Å². The molecule has 2 N–H and O–H groups in total. The van der Waals surface area contributed by atoms with Crippen molar-refractivity contribution in [3.8, 4) is 5.75 Å². The third kappa shape index (κ3) is 4.25. The summed E-state index contributed by atoms with van der Waals surface area (Å²) in [6.45, 7) is 4.29. The number of carboxylic acid groups (broad SMARTS) is 1. The molecule has 128 valence electrons. The third-order valence-corrected chi connectivity index (χ3v) is 4.57. The van der Waals surface area contributed by atoms with Crippen molar-refractivity contribution < 1.29 is 19.7 Å². The summed E-state index contributed by atoms with van der Waals surface area (Å²) in [5.74, 6) is -2.28. The molecule has 0 amide bonds. The van der Waals surface area contributed by atoms with Gasteiger partial charge in [0.1, 0.15) is 12.2 Å². The number of aryl methyl sites for hydroxylation is 1. The van der Waals surface area contributed by atoms with Crippen molar-refractivity contribution in [3.05, 3.63) is 29.3 Å². The molecule has 1 aliphatic heterocycles. The van der Waals surface area contributed by atoms with E-state index >= 15 is 0 Å². The average Bonchev–Trinajstić information content (AvgIpc) is 2.74. The molecule has 0 aliphatic carbocycles. The Hall–Kier alpha value is -1.55. The summed E-state index contributed by atoms with van der Waals surface area (Å²) in [6.07, 6.45) is 6.79. The number of hydrogen-bond donors (Lipinski definition) is 2. The summed E-state index contributed by atoms with van der Waals surface area (Å²) >= 11 is 0. The van der Waals surface area contributed by atoms with E-state index in [1.54, 1.807) is 0 Å². The second kappa shape index (κ2) is 7.82. The van der Waals surface area contributed by atoms with Gasteiger partial charge in [-0.05, 0) is 24.5 Å². The van der Waals surface area contributed by atoms with Gasteiger partial charge in [0.05, 0.1) is 5.92 Å². The summed E-state index contributed by atoms with van der Waals surface area (Å²) < 4.78 is 5.68. The van der Waals surface area contributed by atoms with Gasteiger partial charge >= 0.3 is 5.97 Å². The minimum atomic E-state index is -1.62. The number of aliphatic carboxylic acids is 1. The number of fused-ring (bicyclic) bond motifs is 1. The van der Waals surface area contributed by atoms with Gasteiger partial charge in [0.15, 0.2) is 0 Å². The molecule has 0 saturated carbocycles. The number of aliphatic hydroxyl groups is 1. The molecule has 23 heavy (non-hydrogen) atoms. The first-order chi connectivity index (χ1) is 11.0. The summed E-state index contributed by atoms with van der Waals surface area (Å²) in [7, 11) is 0. The molecule has 0 fully saturated rings. The van der Waals surface area contributed by atoms with Gasteiger partial charge in [-0.2, -0.15) is 0 Å². The monoisotopic (exact) mass is 320 g/mol. The minimum absolute atomic E-state index is 0.262. The summed E-state index contributed by atoms with van der Waals surface area (Å²) in [6, 6.07) is 5.96. The number of benzene rings is 1. The van der Waals surface area contributed by atoms with Crippen LogP contribution in [-0.4, -0.2) is 22.0 Å². The Balaban J connectivity index is 2.23. The zero-order chi connectivity index (χ0) is 16.9. The maximum Gasteiger partial charge on any atom is 0.310 e. The van der Waals surface area contributed by atoms with E-state index in [4.69, 9.17) is 9.84 Å². The molecule has 2 rings (SSSR count). The van der Waals surface area contributed by atoms with Crippen LogP contribution in [0.25, 0.3) is 0 Å². The molecular formula is C19H28O4. The van der Waals surface area contributed by atoms with Gasteiger partial charge < -0.3 is 14.9 Å². The van der Waals surface area contributed by atoms with E-state index in [1.165, 1.54) is 5.56 Å². The molecule has 1 aliphatic rings. The molecular weight excluding hydrogens is 292 g/mol. The first-order valence-corrected chi connectivity index (χ1v) is 8.76. The van der Waals surface area contributed by atoms with Crippen LogP contribution in [0.5, 0.6) is 5.75 Å². The Labute approximate surface area is 138 Å². The van der Waals surface area contributed by atoms with Crippen molar-refractivity contribution in [2.24, 2.45) is 0 Å². The van der Waals surface area contributed by atoms with Crippen molar-refractivity contribution in [1.29, 1.82) is 0 Å². The van der Waals surface area contributed by atoms with Crippen LogP contribution in [0.15, 0.2) is 18.2 Å². The molecule has 0 unspecified atom stereocenters. The van der Waals surface area contributed by atoms with E-state index in [2.05, 4.69) is 19.9 Å². The summed E-state index contributed by atoms with van der Waals surface area (Å²) in [5.41, 5.74) is 2.18. The van der Waals surface area contributed by atoms with Gasteiger partial charge in [-0.15, -0.1) is 0 Å². The first-order valence-electron chi connectivity index (χ1n) is 8.76. The van der Waals surface area contributed by atoms with E-state index in [0.29, 0.717) is 5.75 Å². The third-order valence-electron chi connectivity index (χ3n) is 4.57. The lowest BCUT2D eigenvalue weighted by Crippen LogP contribution is -2.40. The number of unbranched alkanes of at least 4 members (excludes halogenated alkanes) is 3. The number of carbonyl (C=O) groups is 1. The van der Waals surface area contributed by atoms with E-state index in [-0.39, 0.29) is 12.3 Å². The fourth-order valence-electron chi connectivity index (χ4n) is 3.44. The molecule has 0 aromatic heterocycles. The Kier molecular flexibility index (Phi) is 6.05. The maximum absolute atomic E-state index is 11.2. The molecule has 0 saturated heterocycles. The number of rotatable bonds is 9. The Bertz CT molecular complexity index is 540. The highest BCUT2D eigenvalue weighted by molar-refractivity contribution is 5.68. The Morgan fingerprint density at radius 1 is 1.22 bits per heavy atom. The maximum atomic E-state index is 11.2. The van der Waals surface area contributed by atoms with Gasteiger partial charge in [-0.25, -0.2) is 0 Å². The standard InChI is InChI=1S/C19H28O4/c1-3-5-6-7-9-16-15-12-14(8-4-2)10-11-17(15)23-19(16,22)13-18(20)21/h10-12,16,22H,3-9,13H2,1-2H3,(H,20,21)/t16-,19-/m0/s1. The SMILES string of the molecule is CCCCCC[C@H]1c2cc(CCC)ccc2O[C@@]1(O)CC(=O)O. The highest BCUT2D eigenvalue weighted by Gasteiger charge is 2.48. The largest absolute Gasteiger partial charge is 0.481 e. The van der Waals surface area contributed by atoms with Gasteiger partial charge in [0.25, 0.3) is 0 Å². The van der Waals surface area contributed by atoms with Gasteiger partial charge in [0, 0.05) is 5.56 Å². The van der Waals surface area contributed by atoms with Gasteiger partial charge in [0.2, 0.25) is 5.79 Å². The first kappa shape index (κ1) is 17.8. The van der Waals surface area contributed by atoms with Crippen molar-refractivity contribution in [2.45, 2.75) is 76.9 Å². The number of ether oxygens (including phenoxy) is 1. The normalized spacial score (nSPS) is 22.7. The van der Waals surface area contributed by atoms with Crippen molar-refractivity contribution in [3.63, 3.8) is 0 Å². The quantitative estimate of drug-likeness (QED) is 0.668. The average molecular weight is 320 g/mol. The molecule has 1 aromatic rings. The fourth-order valence-corrected chi connectivity index (χ4v) is 3.44. The zero-order valence-electron chi connectivity index (χ0n) is 14.2. The predicted molar refractivity (Wildman–Crippen MR) is 89.8 cm³/mol. The topological polar surface area (TPSA) is 66.8 Å². The van der Waals surface area contributed by atoms with Gasteiger partial charge in [-0.1, -0.05) is 58.1 Å². The molecule has 2 atom stereocenters. The lowest BCUT2D eigenvalue weighted by Gasteiger charge is -2.27. The van der Waals surface area contributed by atoms with Crippen LogP contribution in [-0.2, 0) is 11.2 Å². The fraction of sp³-hybridized carbons (Fsp3) is 0.632. The minimum Gasteiger partial charge on any atom is -0.481 e. The van der Waals surface area contributed by atoms with Crippen LogP contribution in [0, 0.1) is 0 Å². The lowest BCUT2D eigenvalue weighted by atomic mass is 9.85. The smallest absolute Gasteiger partial charge is 0.310 e. The van der Waals surface area contributed by atoms with Crippen LogP contribution in [0.3, 0.4) is 0 Å². The van der Waals surface area contributed by atoms with Crippen LogP contribution >= 0.6 is 0 Å². The van der Waals surface area contributed by atoms with E-state index in [9.17, 15) is 9.90 Å². The Morgan fingerprint density at radius 2 is 2.00 bits per heavy atom. The second-order valence-electron chi connectivity index (χ2n) is 6.54. The van der Waals surface area contributed by atoms with E-state index < -0.39 is 11.8 Å². The highest BCUT2D eigenvalue weighted by atomic mass is 16.6. The van der Waals surface area contributed by atoms with Crippen molar-refractivity contribution >= 4 is 5.97 Å². The number of hydrogen-bond acceptors (Lipinski definition) is 3. The van der Waals surface area contributed by atoms with Crippen LogP contribution < -0.4 is 4.74 Å². The summed E-state index contributed by atoms with van der Waals surface area (Å²) in [4.78, 5) is 11.2. The van der Waals surface area contributed by atoms with Crippen molar-refractivity contribution in [2.75, 3.05) is 0 Å². The molecule has 0 bridgehead atoms. The lowest BCUT2D eigenvalue weighted by molar-refractivity contribution is -0.170. The second-order valence-corrected chi connectivity index (χ2v) is 6.54. The molecule has 0 radical (unpaired) electrons. The molecule has 4 heteroatoms. The Morgan fingerprint density at radius 3 is 2.65 bits per heavy atom. The zero-order valence-corrected chi connectivity index (χ0v) is 14.2. The van der Waals surface area contributed by atoms with Crippen LogP contribution in [0.1, 0.15) is 75.8 Å². The molecule has 1 aromatic carbocycles. The predicted octanol–water partition coefficient (Wildman–Crippen LogP) is 4.25. The highest BCUT2D eigenvalue weighted by Crippen LogP contribution is 2.48. The molecule has 0 spiro atoms. The van der Waals surface area contributed by atoms with Crippen LogP contribution in [0.4, 0.5) is 0 Å². The summed E-state index contributed by atoms with van der Waals surface area (Å²) in [5, 5.41) is 20.0. The molecule has 4 nitrogen and oxygen atoms in total. The van der Waals surface area contributed by atoms with Gasteiger partial charge in [-0.3, -0.25) is 4.79 Å².